The van der Waals surface area contributed by atoms with Gasteiger partial charge in [-0.05, 0) is 43.6 Å². The summed E-state index contributed by atoms with van der Waals surface area (Å²) < 4.78 is 10.6. The van der Waals surface area contributed by atoms with E-state index in [0.29, 0.717) is 0 Å². The third-order valence-corrected chi connectivity index (χ3v) is 2.61. The minimum Gasteiger partial charge on any atom is -0.381 e. The van der Waals surface area contributed by atoms with E-state index in [9.17, 15) is 0 Å². The van der Waals surface area contributed by atoms with Crippen molar-refractivity contribution in [3.05, 3.63) is 0 Å². The fourth-order valence-corrected chi connectivity index (χ4v) is 1.83. The molecule has 1 rings (SSSR count). The third-order valence-electron chi connectivity index (χ3n) is 2.21. The second-order valence-electron chi connectivity index (χ2n) is 3.21. The first-order chi connectivity index (χ1) is 5.93. The van der Waals surface area contributed by atoms with Crippen LogP contribution in [0.4, 0.5) is 0 Å². The molecule has 0 radical (unpaired) electrons. The summed E-state index contributed by atoms with van der Waals surface area (Å²) in [7, 11) is 0. The Kier molecular flexibility index (Phi) is 5.82. The van der Waals surface area contributed by atoms with Gasteiger partial charge in [0.25, 0.3) is 0 Å². The molecule has 0 aromatic rings. The van der Waals surface area contributed by atoms with E-state index in [4.69, 9.17) is 8.92 Å². The first-order valence-electron chi connectivity index (χ1n) is 4.67. The molecule has 1 aliphatic heterocycles. The Morgan fingerprint density at radius 1 is 1.58 bits per heavy atom. The molecule has 1 saturated heterocycles. The van der Waals surface area contributed by atoms with Gasteiger partial charge in [0.2, 0.25) is 0 Å². The first kappa shape index (κ1) is 10.4. The summed E-state index contributed by atoms with van der Waals surface area (Å²) in [5, 5.41) is 0. The zero-order valence-corrected chi connectivity index (χ0v) is 8.57. The third kappa shape index (κ3) is 4.33. The molecule has 1 atom stereocenters. The number of hydrogen-bond donors (Lipinski definition) is 0. The Balaban J connectivity index is 1.91. The van der Waals surface area contributed by atoms with Gasteiger partial charge in [-0.3, -0.25) is 0 Å². The molecule has 1 unspecified atom stereocenters. The molecule has 0 bridgehead atoms. The van der Waals surface area contributed by atoms with Gasteiger partial charge >= 0.3 is 0 Å². The molecule has 0 N–H and O–H groups in total. The van der Waals surface area contributed by atoms with E-state index >= 15 is 0 Å². The zero-order valence-electron chi connectivity index (χ0n) is 7.75. The van der Waals surface area contributed by atoms with Crippen LogP contribution in [0.15, 0.2) is 0 Å². The lowest BCUT2D eigenvalue weighted by Gasteiger charge is -2.21. The highest BCUT2D eigenvalue weighted by molar-refractivity contribution is 7.93. The molecule has 0 spiro atoms. The van der Waals surface area contributed by atoms with Crippen molar-refractivity contribution in [3.63, 3.8) is 0 Å². The van der Waals surface area contributed by atoms with Gasteiger partial charge in [-0.1, -0.05) is 0 Å². The van der Waals surface area contributed by atoms with Crippen LogP contribution in [0, 0.1) is 5.92 Å². The van der Waals surface area contributed by atoms with Crippen LogP contribution in [0.1, 0.15) is 25.7 Å². The van der Waals surface area contributed by atoms with E-state index in [1.54, 1.807) is 0 Å². The minimum atomic E-state index is 0.796. The molecule has 1 fully saturated rings. The average Bonchev–Trinajstić information content (AvgIpc) is 2.14. The molecular weight excluding hydrogens is 172 g/mol. The van der Waals surface area contributed by atoms with Crippen LogP contribution in [0.3, 0.4) is 0 Å². The lowest BCUT2D eigenvalue weighted by Crippen LogP contribution is -2.17. The van der Waals surface area contributed by atoms with Gasteiger partial charge in [0.15, 0.2) is 0 Å². The molecule has 0 aromatic carbocycles. The quantitative estimate of drug-likeness (QED) is 0.490. The molecule has 0 aliphatic carbocycles. The molecule has 1 heterocycles. The number of ether oxygens (including phenoxy) is 1. The Morgan fingerprint density at radius 2 is 2.50 bits per heavy atom. The van der Waals surface area contributed by atoms with Gasteiger partial charge in [0.05, 0.1) is 6.61 Å². The summed E-state index contributed by atoms with van der Waals surface area (Å²) in [6, 6.07) is 0. The summed E-state index contributed by atoms with van der Waals surface area (Å²) >= 11 is 1.46. The molecule has 0 amide bonds. The predicted molar refractivity (Wildman–Crippen MR) is 52.2 cm³/mol. The molecule has 0 aromatic heterocycles. The fourth-order valence-electron chi connectivity index (χ4n) is 1.55. The summed E-state index contributed by atoms with van der Waals surface area (Å²) in [6.07, 6.45) is 6.99. The highest BCUT2D eigenvalue weighted by Crippen LogP contribution is 2.18. The Morgan fingerprint density at radius 3 is 3.17 bits per heavy atom. The van der Waals surface area contributed by atoms with Crippen LogP contribution in [0.25, 0.3) is 0 Å². The summed E-state index contributed by atoms with van der Waals surface area (Å²) in [5.74, 6) is 0.796. The Bertz CT molecular complexity index is 103. The van der Waals surface area contributed by atoms with Crippen LogP contribution in [-0.2, 0) is 8.92 Å². The molecule has 72 valence electrons. The molecule has 3 heteroatoms. The standard InChI is InChI=1S/C9H18O2S/c1-12-11-7-3-5-9-4-2-6-10-8-9/h9H,2-8H2,1H3. The lowest BCUT2D eigenvalue weighted by atomic mass is 9.97. The van der Waals surface area contributed by atoms with Gasteiger partial charge < -0.3 is 8.92 Å². The second-order valence-corrected chi connectivity index (χ2v) is 3.78. The molecule has 1 aliphatic rings. The number of rotatable bonds is 5. The topological polar surface area (TPSA) is 18.5 Å². The summed E-state index contributed by atoms with van der Waals surface area (Å²) in [4.78, 5) is 0. The lowest BCUT2D eigenvalue weighted by molar-refractivity contribution is 0.0498. The van der Waals surface area contributed by atoms with Crippen molar-refractivity contribution in [2.45, 2.75) is 25.7 Å². The van der Waals surface area contributed by atoms with E-state index in [-0.39, 0.29) is 0 Å². The monoisotopic (exact) mass is 190 g/mol. The van der Waals surface area contributed by atoms with Crippen LogP contribution < -0.4 is 0 Å². The van der Waals surface area contributed by atoms with Crippen LogP contribution in [0.2, 0.25) is 0 Å². The van der Waals surface area contributed by atoms with Gasteiger partial charge in [-0.15, -0.1) is 0 Å². The van der Waals surface area contributed by atoms with Crippen molar-refractivity contribution in [2.24, 2.45) is 5.92 Å². The second kappa shape index (κ2) is 6.75. The van der Waals surface area contributed by atoms with Crippen molar-refractivity contribution < 1.29 is 8.92 Å². The molecule has 2 nitrogen and oxygen atoms in total. The van der Waals surface area contributed by atoms with Crippen molar-refractivity contribution in [1.82, 2.24) is 0 Å². The highest BCUT2D eigenvalue weighted by atomic mass is 32.2. The van der Waals surface area contributed by atoms with Gasteiger partial charge in [0.1, 0.15) is 0 Å². The zero-order chi connectivity index (χ0) is 8.65. The SMILES string of the molecule is CSOCCCC1CCCOC1. The maximum atomic E-state index is 5.39. The predicted octanol–water partition coefficient (Wildman–Crippen LogP) is 2.49. The fraction of sp³-hybridized carbons (Fsp3) is 1.00. The molecule has 12 heavy (non-hydrogen) atoms. The maximum absolute atomic E-state index is 5.39. The smallest absolute Gasteiger partial charge is 0.0613 e. The average molecular weight is 190 g/mol. The van der Waals surface area contributed by atoms with E-state index in [0.717, 1.165) is 25.7 Å². The normalized spacial score (nSPS) is 24.2. The van der Waals surface area contributed by atoms with Gasteiger partial charge in [0, 0.05) is 19.5 Å². The minimum absolute atomic E-state index is 0.796. The van der Waals surface area contributed by atoms with E-state index in [1.807, 2.05) is 6.26 Å². The first-order valence-corrected chi connectivity index (χ1v) is 5.82. The van der Waals surface area contributed by atoms with Crippen molar-refractivity contribution >= 4 is 12.0 Å². The number of hydrogen-bond acceptors (Lipinski definition) is 3. The van der Waals surface area contributed by atoms with Gasteiger partial charge in [-0.2, -0.15) is 0 Å². The largest absolute Gasteiger partial charge is 0.381 e. The Hall–Kier alpha value is 0.270. The van der Waals surface area contributed by atoms with E-state index in [1.165, 1.54) is 37.7 Å². The highest BCUT2D eigenvalue weighted by Gasteiger charge is 2.12. The van der Waals surface area contributed by atoms with Gasteiger partial charge in [-0.25, -0.2) is 0 Å². The summed E-state index contributed by atoms with van der Waals surface area (Å²) in [6.45, 7) is 2.83. The molecular formula is C9H18O2S. The maximum Gasteiger partial charge on any atom is 0.0613 e. The molecule has 0 saturated carbocycles. The van der Waals surface area contributed by atoms with Crippen molar-refractivity contribution in [3.8, 4) is 0 Å². The van der Waals surface area contributed by atoms with E-state index in [2.05, 4.69) is 0 Å². The van der Waals surface area contributed by atoms with Crippen LogP contribution >= 0.6 is 12.0 Å². The van der Waals surface area contributed by atoms with Crippen LogP contribution in [0.5, 0.6) is 0 Å². The summed E-state index contributed by atoms with van der Waals surface area (Å²) in [5.41, 5.74) is 0. The van der Waals surface area contributed by atoms with Crippen molar-refractivity contribution in [1.29, 1.82) is 0 Å². The Labute approximate surface area is 79.2 Å². The van der Waals surface area contributed by atoms with Crippen molar-refractivity contribution in [2.75, 3.05) is 26.1 Å². The van der Waals surface area contributed by atoms with Crippen LogP contribution in [-0.4, -0.2) is 26.1 Å². The van der Waals surface area contributed by atoms with E-state index < -0.39 is 0 Å².